The zero-order valence-corrected chi connectivity index (χ0v) is 18.5. The Morgan fingerprint density at radius 1 is 0.912 bits per heavy atom. The molecular weight excluding hydrogens is 467 g/mol. The Bertz CT molecular complexity index is 1380. The van der Waals surface area contributed by atoms with E-state index < -0.39 is 17.8 Å². The van der Waals surface area contributed by atoms with Crippen LogP contribution in [0.1, 0.15) is 33.3 Å². The van der Waals surface area contributed by atoms with Gasteiger partial charge in [0.25, 0.3) is 5.91 Å². The first kappa shape index (κ1) is 23.3. The van der Waals surface area contributed by atoms with E-state index in [1.54, 1.807) is 48.5 Å². The zero-order valence-electron chi connectivity index (χ0n) is 17.7. The monoisotopic (exact) mass is 483 g/mol. The van der Waals surface area contributed by atoms with Crippen LogP contribution >= 0.6 is 11.6 Å². The summed E-state index contributed by atoms with van der Waals surface area (Å²) in [6.45, 7) is 1.43. The maximum atomic E-state index is 13.4. The standard InChI is InChI=1S/C25H17ClF3N3O2/c1-15(33)18-5-4-6-19(13-18)30-24(34)17-11-9-16(10-12-17)22-14-23(25(27,28)29)31-32(22)21-8-3-2-7-20(21)26/h2-14H,1H3,(H,30,34). The molecule has 4 rings (SSSR count). The van der Waals surface area contributed by atoms with E-state index in [4.69, 9.17) is 11.6 Å². The molecule has 0 saturated heterocycles. The van der Waals surface area contributed by atoms with Crippen LogP contribution in [-0.2, 0) is 6.18 Å². The van der Waals surface area contributed by atoms with Gasteiger partial charge in [-0.15, -0.1) is 0 Å². The van der Waals surface area contributed by atoms with Crippen LogP contribution in [0.2, 0.25) is 5.02 Å². The topological polar surface area (TPSA) is 64.0 Å². The molecule has 34 heavy (non-hydrogen) atoms. The van der Waals surface area contributed by atoms with Crippen molar-refractivity contribution in [2.24, 2.45) is 0 Å². The Balaban J connectivity index is 1.66. The lowest BCUT2D eigenvalue weighted by Gasteiger charge is -2.10. The van der Waals surface area contributed by atoms with Gasteiger partial charge in [0.2, 0.25) is 0 Å². The van der Waals surface area contributed by atoms with Gasteiger partial charge in [0.15, 0.2) is 11.5 Å². The Morgan fingerprint density at radius 2 is 1.62 bits per heavy atom. The number of carbonyl (C=O) groups excluding carboxylic acids is 2. The van der Waals surface area contributed by atoms with E-state index in [-0.39, 0.29) is 22.1 Å². The fourth-order valence-electron chi connectivity index (χ4n) is 3.34. The minimum absolute atomic E-state index is 0.131. The number of anilines is 1. The van der Waals surface area contributed by atoms with E-state index in [9.17, 15) is 22.8 Å². The van der Waals surface area contributed by atoms with Crippen molar-refractivity contribution in [3.8, 4) is 16.9 Å². The lowest BCUT2D eigenvalue weighted by atomic mass is 10.1. The third kappa shape index (κ3) is 4.87. The number of rotatable bonds is 5. The molecule has 4 aromatic rings. The normalized spacial score (nSPS) is 11.3. The summed E-state index contributed by atoms with van der Waals surface area (Å²) in [4.78, 5) is 24.2. The van der Waals surface area contributed by atoms with Crippen LogP contribution < -0.4 is 5.32 Å². The third-order valence-electron chi connectivity index (χ3n) is 5.05. The highest BCUT2D eigenvalue weighted by atomic mass is 35.5. The molecule has 1 heterocycles. The number of amides is 1. The minimum Gasteiger partial charge on any atom is -0.322 e. The number of para-hydroxylation sites is 1. The summed E-state index contributed by atoms with van der Waals surface area (Å²) in [5.74, 6) is -0.559. The van der Waals surface area contributed by atoms with E-state index in [1.807, 2.05) is 0 Å². The SMILES string of the molecule is CC(=O)c1cccc(NC(=O)c2ccc(-c3cc(C(F)(F)F)nn3-c3ccccc3Cl)cc2)c1. The highest BCUT2D eigenvalue weighted by molar-refractivity contribution is 6.32. The van der Waals surface area contributed by atoms with Crippen LogP contribution in [-0.4, -0.2) is 21.5 Å². The highest BCUT2D eigenvalue weighted by Crippen LogP contribution is 2.34. The Kier molecular flexibility index (Phi) is 6.26. The summed E-state index contributed by atoms with van der Waals surface area (Å²) in [5.41, 5.74) is 1.02. The fourth-order valence-corrected chi connectivity index (χ4v) is 3.56. The molecule has 172 valence electrons. The van der Waals surface area contributed by atoms with Crippen LogP contribution in [0.25, 0.3) is 16.9 Å². The average Bonchev–Trinajstić information content (AvgIpc) is 3.25. The first-order chi connectivity index (χ1) is 16.1. The second-order valence-corrected chi connectivity index (χ2v) is 7.85. The smallest absolute Gasteiger partial charge is 0.322 e. The van der Waals surface area contributed by atoms with E-state index in [1.165, 1.54) is 31.2 Å². The first-order valence-electron chi connectivity index (χ1n) is 10.1. The molecule has 0 spiro atoms. The van der Waals surface area contributed by atoms with E-state index in [2.05, 4.69) is 10.4 Å². The molecule has 1 aromatic heterocycles. The molecule has 9 heteroatoms. The number of benzene rings is 3. The van der Waals surface area contributed by atoms with Crippen molar-refractivity contribution in [1.82, 2.24) is 9.78 Å². The predicted molar refractivity (Wildman–Crippen MR) is 123 cm³/mol. The quantitative estimate of drug-likeness (QED) is 0.322. The molecule has 0 radical (unpaired) electrons. The molecule has 0 unspecified atom stereocenters. The maximum absolute atomic E-state index is 13.4. The second-order valence-electron chi connectivity index (χ2n) is 7.44. The number of ketones is 1. The predicted octanol–water partition coefficient (Wildman–Crippen LogP) is 6.67. The Hall–Kier alpha value is -3.91. The van der Waals surface area contributed by atoms with Crippen molar-refractivity contribution in [3.05, 3.63) is 101 Å². The first-order valence-corrected chi connectivity index (χ1v) is 10.5. The van der Waals surface area contributed by atoms with Crippen molar-refractivity contribution in [2.45, 2.75) is 13.1 Å². The van der Waals surface area contributed by atoms with Gasteiger partial charge >= 0.3 is 6.18 Å². The largest absolute Gasteiger partial charge is 0.435 e. The molecule has 0 saturated carbocycles. The van der Waals surface area contributed by atoms with Gasteiger partial charge in [0.1, 0.15) is 0 Å². The number of hydrogen-bond donors (Lipinski definition) is 1. The summed E-state index contributed by atoms with van der Waals surface area (Å²) in [6.07, 6.45) is -4.64. The number of Topliss-reactive ketones (excluding diaryl/α,β-unsaturated/α-hetero) is 1. The summed E-state index contributed by atoms with van der Waals surface area (Å²) >= 11 is 6.20. The van der Waals surface area contributed by atoms with Gasteiger partial charge in [0, 0.05) is 22.4 Å². The van der Waals surface area contributed by atoms with Gasteiger partial charge in [-0.25, -0.2) is 4.68 Å². The van der Waals surface area contributed by atoms with Crippen LogP contribution in [0.15, 0.2) is 78.9 Å². The van der Waals surface area contributed by atoms with E-state index in [0.717, 1.165) is 10.7 Å². The molecular formula is C25H17ClF3N3O2. The maximum Gasteiger partial charge on any atom is 0.435 e. The van der Waals surface area contributed by atoms with Gasteiger partial charge in [-0.05, 0) is 49.4 Å². The van der Waals surface area contributed by atoms with Crippen LogP contribution in [0.4, 0.5) is 18.9 Å². The molecule has 0 fully saturated rings. The highest BCUT2D eigenvalue weighted by Gasteiger charge is 2.35. The lowest BCUT2D eigenvalue weighted by Crippen LogP contribution is -2.12. The molecule has 0 atom stereocenters. The second kappa shape index (κ2) is 9.15. The molecule has 3 aromatic carbocycles. The molecule has 0 aliphatic rings. The number of hydrogen-bond acceptors (Lipinski definition) is 3. The molecule has 0 aliphatic heterocycles. The Labute approximate surface area is 197 Å². The van der Waals surface area contributed by atoms with Crippen LogP contribution in [0.5, 0.6) is 0 Å². The number of aromatic nitrogens is 2. The lowest BCUT2D eigenvalue weighted by molar-refractivity contribution is -0.141. The van der Waals surface area contributed by atoms with Gasteiger partial charge in [0.05, 0.1) is 16.4 Å². The van der Waals surface area contributed by atoms with E-state index in [0.29, 0.717) is 22.5 Å². The number of halogens is 4. The van der Waals surface area contributed by atoms with Crippen molar-refractivity contribution in [3.63, 3.8) is 0 Å². The summed E-state index contributed by atoms with van der Waals surface area (Å²) in [6, 6.07) is 20.0. The van der Waals surface area contributed by atoms with Crippen LogP contribution in [0.3, 0.4) is 0 Å². The minimum atomic E-state index is -4.64. The number of alkyl halides is 3. The number of carbonyl (C=O) groups is 2. The zero-order chi connectivity index (χ0) is 24.5. The Morgan fingerprint density at radius 3 is 2.26 bits per heavy atom. The molecule has 5 nitrogen and oxygen atoms in total. The summed E-state index contributed by atoms with van der Waals surface area (Å²) < 4.78 is 41.3. The average molecular weight is 484 g/mol. The summed E-state index contributed by atoms with van der Waals surface area (Å²) in [5, 5.41) is 6.67. The van der Waals surface area contributed by atoms with Gasteiger partial charge in [-0.1, -0.05) is 48.0 Å². The summed E-state index contributed by atoms with van der Waals surface area (Å²) in [7, 11) is 0. The molecule has 1 N–H and O–H groups in total. The van der Waals surface area contributed by atoms with Crippen molar-refractivity contribution < 1.29 is 22.8 Å². The third-order valence-corrected chi connectivity index (χ3v) is 5.37. The fraction of sp³-hybridized carbons (Fsp3) is 0.0800. The molecule has 0 bridgehead atoms. The van der Waals surface area contributed by atoms with Crippen LogP contribution in [0, 0.1) is 0 Å². The number of nitrogens with one attached hydrogen (secondary N) is 1. The van der Waals surface area contributed by atoms with E-state index >= 15 is 0 Å². The molecule has 0 aliphatic carbocycles. The number of nitrogens with zero attached hydrogens (tertiary/aromatic N) is 2. The van der Waals surface area contributed by atoms with Crippen molar-refractivity contribution in [2.75, 3.05) is 5.32 Å². The van der Waals surface area contributed by atoms with Gasteiger partial charge < -0.3 is 5.32 Å². The van der Waals surface area contributed by atoms with Gasteiger partial charge in [-0.2, -0.15) is 18.3 Å². The van der Waals surface area contributed by atoms with Crippen molar-refractivity contribution >= 4 is 29.0 Å². The van der Waals surface area contributed by atoms with Crippen molar-refractivity contribution in [1.29, 1.82) is 0 Å². The van der Waals surface area contributed by atoms with Gasteiger partial charge in [-0.3, -0.25) is 9.59 Å². The molecule has 1 amide bonds.